The van der Waals surface area contributed by atoms with Crippen LogP contribution in [-0.4, -0.2) is 6.61 Å². The Balaban J connectivity index is 2.54. The van der Waals surface area contributed by atoms with Crippen LogP contribution in [0.1, 0.15) is 23.6 Å². The van der Waals surface area contributed by atoms with Gasteiger partial charge < -0.3 is 10.5 Å². The molecule has 2 N–H and O–H groups in total. The quantitative estimate of drug-likeness (QED) is 0.769. The average molecular weight is 252 g/mol. The number of nitrogens with two attached hydrogens (primary N) is 1. The van der Waals surface area contributed by atoms with Crippen LogP contribution in [0, 0.1) is 0 Å². The second-order valence-corrected chi connectivity index (χ2v) is 4.02. The van der Waals surface area contributed by atoms with Gasteiger partial charge in [-0.25, -0.2) is 0 Å². The minimum Gasteiger partial charge on any atom is -0.493 e. The van der Waals surface area contributed by atoms with Crippen molar-refractivity contribution < 1.29 is 17.9 Å². The maximum Gasteiger partial charge on any atom is 0.417 e. The molecule has 1 aromatic rings. The van der Waals surface area contributed by atoms with Gasteiger partial charge in [0.05, 0.1) is 17.2 Å². The maximum atomic E-state index is 12.6. The predicted octanol–water partition coefficient (Wildman–Crippen LogP) is 3.14. The standard InChI is InChI=1S/C10H9ClF3NO/c11-7-4-9-5(8(15)1-2-16-9)3-6(7)10(12,13)14/h3-4,8H,1-2,15H2/t8-/m0/s1. The lowest BCUT2D eigenvalue weighted by atomic mass is 9.99. The van der Waals surface area contributed by atoms with Crippen molar-refractivity contribution in [2.45, 2.75) is 18.6 Å². The van der Waals surface area contributed by atoms with E-state index in [2.05, 4.69) is 0 Å². The van der Waals surface area contributed by atoms with Crippen LogP contribution in [-0.2, 0) is 6.18 Å². The van der Waals surface area contributed by atoms with Gasteiger partial charge in [0.1, 0.15) is 5.75 Å². The molecule has 1 aromatic carbocycles. The number of rotatable bonds is 0. The molecule has 1 aliphatic heterocycles. The molecular formula is C10H9ClF3NO. The van der Waals surface area contributed by atoms with Crippen LogP contribution in [0.15, 0.2) is 12.1 Å². The van der Waals surface area contributed by atoms with Crippen molar-refractivity contribution in [2.24, 2.45) is 5.73 Å². The van der Waals surface area contributed by atoms with E-state index in [9.17, 15) is 13.2 Å². The molecule has 6 heteroatoms. The number of halogens is 4. The van der Waals surface area contributed by atoms with E-state index in [0.29, 0.717) is 24.3 Å². The van der Waals surface area contributed by atoms with Crippen molar-refractivity contribution in [3.8, 4) is 5.75 Å². The summed E-state index contributed by atoms with van der Waals surface area (Å²) < 4.78 is 42.9. The molecule has 0 fully saturated rings. The molecule has 1 aliphatic rings. The van der Waals surface area contributed by atoms with E-state index >= 15 is 0 Å². The predicted molar refractivity (Wildman–Crippen MR) is 53.5 cm³/mol. The average Bonchev–Trinajstić information content (AvgIpc) is 2.15. The summed E-state index contributed by atoms with van der Waals surface area (Å²) in [7, 11) is 0. The molecule has 0 radical (unpaired) electrons. The first kappa shape index (κ1) is 11.5. The van der Waals surface area contributed by atoms with Crippen LogP contribution in [0.2, 0.25) is 5.02 Å². The maximum absolute atomic E-state index is 12.6. The van der Waals surface area contributed by atoms with Gasteiger partial charge in [-0.15, -0.1) is 0 Å². The molecule has 2 rings (SSSR count). The molecule has 1 atom stereocenters. The summed E-state index contributed by atoms with van der Waals surface area (Å²) in [6.45, 7) is 0.399. The Morgan fingerprint density at radius 3 is 2.69 bits per heavy atom. The van der Waals surface area contributed by atoms with E-state index in [1.54, 1.807) is 0 Å². The minimum absolute atomic E-state index is 0.344. The second kappa shape index (κ2) is 3.82. The van der Waals surface area contributed by atoms with Gasteiger partial charge in [-0.1, -0.05) is 11.6 Å². The van der Waals surface area contributed by atoms with E-state index in [4.69, 9.17) is 22.1 Å². The minimum atomic E-state index is -4.47. The lowest BCUT2D eigenvalue weighted by Crippen LogP contribution is -2.21. The summed E-state index contributed by atoms with van der Waals surface area (Å²) in [6, 6.07) is 1.72. The Hall–Kier alpha value is -0.940. The van der Waals surface area contributed by atoms with E-state index in [-0.39, 0.29) is 5.02 Å². The first-order valence-electron chi connectivity index (χ1n) is 4.68. The lowest BCUT2D eigenvalue weighted by Gasteiger charge is -2.24. The second-order valence-electron chi connectivity index (χ2n) is 3.61. The van der Waals surface area contributed by atoms with Crippen LogP contribution >= 0.6 is 11.6 Å². The van der Waals surface area contributed by atoms with E-state index in [1.165, 1.54) is 6.07 Å². The van der Waals surface area contributed by atoms with Crippen LogP contribution in [0.4, 0.5) is 13.2 Å². The van der Waals surface area contributed by atoms with E-state index in [0.717, 1.165) is 6.07 Å². The van der Waals surface area contributed by atoms with Gasteiger partial charge >= 0.3 is 6.18 Å². The molecule has 0 amide bonds. The Bertz CT molecular complexity index is 419. The summed E-state index contributed by atoms with van der Waals surface area (Å²) in [5, 5.41) is -0.361. The molecule has 2 nitrogen and oxygen atoms in total. The molecule has 0 aliphatic carbocycles. The fraction of sp³-hybridized carbons (Fsp3) is 0.400. The van der Waals surface area contributed by atoms with Gasteiger partial charge in [-0.3, -0.25) is 0 Å². The Labute approximate surface area is 95.1 Å². The van der Waals surface area contributed by atoms with Gasteiger partial charge in [-0.05, 0) is 12.1 Å². The molecule has 0 aromatic heterocycles. The van der Waals surface area contributed by atoms with E-state index < -0.39 is 17.8 Å². The van der Waals surface area contributed by atoms with Crippen LogP contribution < -0.4 is 10.5 Å². The van der Waals surface area contributed by atoms with Crippen LogP contribution in [0.3, 0.4) is 0 Å². The molecule has 0 spiro atoms. The van der Waals surface area contributed by atoms with Gasteiger partial charge in [0.2, 0.25) is 0 Å². The fourth-order valence-corrected chi connectivity index (χ4v) is 1.92. The van der Waals surface area contributed by atoms with Gasteiger partial charge in [-0.2, -0.15) is 13.2 Å². The molecule has 88 valence electrons. The van der Waals surface area contributed by atoms with Crippen molar-refractivity contribution >= 4 is 11.6 Å². The Kier molecular flexibility index (Phi) is 2.75. The number of fused-ring (bicyclic) bond motifs is 1. The lowest BCUT2D eigenvalue weighted by molar-refractivity contribution is -0.137. The number of alkyl halides is 3. The number of ether oxygens (including phenoxy) is 1. The highest BCUT2D eigenvalue weighted by Crippen LogP contribution is 2.41. The summed E-state index contributed by atoms with van der Waals surface area (Å²) in [4.78, 5) is 0. The number of hydrogen-bond donors (Lipinski definition) is 1. The third kappa shape index (κ3) is 1.97. The number of hydrogen-bond acceptors (Lipinski definition) is 2. The third-order valence-corrected chi connectivity index (χ3v) is 2.80. The zero-order valence-electron chi connectivity index (χ0n) is 8.14. The highest BCUT2D eigenvalue weighted by atomic mass is 35.5. The number of benzene rings is 1. The van der Waals surface area contributed by atoms with Crippen LogP contribution in [0.5, 0.6) is 5.75 Å². The molecule has 0 unspecified atom stereocenters. The van der Waals surface area contributed by atoms with Gasteiger partial charge in [0.15, 0.2) is 0 Å². The van der Waals surface area contributed by atoms with Gasteiger partial charge in [0, 0.05) is 18.0 Å². The Morgan fingerprint density at radius 1 is 1.38 bits per heavy atom. The van der Waals surface area contributed by atoms with Crippen molar-refractivity contribution in [1.29, 1.82) is 0 Å². The largest absolute Gasteiger partial charge is 0.493 e. The summed E-state index contributed by atoms with van der Waals surface area (Å²) in [5.41, 5.74) is 5.22. The van der Waals surface area contributed by atoms with Crippen molar-refractivity contribution in [3.05, 3.63) is 28.3 Å². The smallest absolute Gasteiger partial charge is 0.417 e. The fourth-order valence-electron chi connectivity index (χ4n) is 1.66. The van der Waals surface area contributed by atoms with Crippen molar-refractivity contribution in [1.82, 2.24) is 0 Å². The topological polar surface area (TPSA) is 35.2 Å². The van der Waals surface area contributed by atoms with Gasteiger partial charge in [0.25, 0.3) is 0 Å². The summed E-state index contributed by atoms with van der Waals surface area (Å²) in [6.07, 6.45) is -3.96. The Morgan fingerprint density at radius 2 is 2.06 bits per heavy atom. The first-order valence-corrected chi connectivity index (χ1v) is 5.06. The van der Waals surface area contributed by atoms with Crippen LogP contribution in [0.25, 0.3) is 0 Å². The highest BCUT2D eigenvalue weighted by molar-refractivity contribution is 6.31. The molecule has 0 saturated carbocycles. The molecule has 16 heavy (non-hydrogen) atoms. The SMILES string of the molecule is N[C@H]1CCOc2cc(Cl)c(C(F)(F)F)cc21. The summed E-state index contributed by atoms with van der Waals surface area (Å²) in [5.74, 6) is 0.344. The van der Waals surface area contributed by atoms with Crippen molar-refractivity contribution in [3.63, 3.8) is 0 Å². The molecule has 0 saturated heterocycles. The monoisotopic (exact) mass is 251 g/mol. The summed E-state index contributed by atoms with van der Waals surface area (Å²) >= 11 is 5.55. The van der Waals surface area contributed by atoms with E-state index in [1.807, 2.05) is 0 Å². The van der Waals surface area contributed by atoms with Crippen molar-refractivity contribution in [2.75, 3.05) is 6.61 Å². The zero-order chi connectivity index (χ0) is 11.9. The first-order chi connectivity index (χ1) is 7.39. The third-order valence-electron chi connectivity index (χ3n) is 2.49. The molecule has 0 bridgehead atoms. The zero-order valence-corrected chi connectivity index (χ0v) is 8.90. The normalized spacial score (nSPS) is 20.2. The molecule has 1 heterocycles. The molecular weight excluding hydrogens is 243 g/mol. The highest BCUT2D eigenvalue weighted by Gasteiger charge is 2.35.